The topological polar surface area (TPSA) is 188 Å². The summed E-state index contributed by atoms with van der Waals surface area (Å²) in [5.74, 6) is 1.64. The Hall–Kier alpha value is -0.970. The van der Waals surface area contributed by atoms with Crippen molar-refractivity contribution in [3.63, 3.8) is 0 Å². The maximum atomic E-state index is 10.9. The number of nitrogens with zero attached hydrogens (tertiary/aromatic N) is 2. The van der Waals surface area contributed by atoms with Crippen molar-refractivity contribution in [3.05, 3.63) is 12.5 Å². The Morgan fingerprint density at radius 3 is 2.07 bits per heavy atom. The zero-order valence-corrected chi connectivity index (χ0v) is 38.8. The van der Waals surface area contributed by atoms with Gasteiger partial charge >= 0.3 is 5.97 Å². The molecule has 0 spiro atoms. The highest BCUT2D eigenvalue weighted by atomic mass is 32.2. The number of hydrogen-bond acceptors (Lipinski definition) is 17. The number of rotatable bonds is 16. The van der Waals surface area contributed by atoms with Gasteiger partial charge in [0.1, 0.15) is 23.9 Å². The highest BCUT2D eigenvalue weighted by Crippen LogP contribution is 2.37. The van der Waals surface area contributed by atoms with Gasteiger partial charge in [0.15, 0.2) is 6.26 Å². The molecular formula is C42H80N10O6S2. The Kier molecular flexibility index (Phi) is 19.7. The largest absolute Gasteiger partial charge is 0.495 e. The first-order chi connectivity index (χ1) is 28.9. The molecule has 7 fully saturated rings. The fraction of sp³-hybridized carbons (Fsp3) is 0.929. The van der Waals surface area contributed by atoms with E-state index in [2.05, 4.69) is 99.9 Å². The SMILES string of the molecule is CC1CCC(N2NC(C3CCCC(OCC(=O)O)C3)NN2C2NC(C)C(C)S2)CC1.CC1CCC(NNC(NNC2NC(C)C(C)S2)C2CCCC(O/C=C/OO)C2)CC1. The Morgan fingerprint density at radius 2 is 1.40 bits per heavy atom. The van der Waals surface area contributed by atoms with Crippen LogP contribution in [0.5, 0.6) is 0 Å². The summed E-state index contributed by atoms with van der Waals surface area (Å²) < 4.78 is 11.4. The van der Waals surface area contributed by atoms with Crippen LogP contribution in [-0.2, 0) is 19.2 Å². The molecule has 7 rings (SSSR count). The molecular weight excluding hydrogens is 805 g/mol. The number of carboxylic acid groups (broad SMARTS) is 1. The van der Waals surface area contributed by atoms with Crippen molar-refractivity contribution in [1.29, 1.82) is 0 Å². The van der Waals surface area contributed by atoms with Gasteiger partial charge in [-0.2, -0.15) is 5.12 Å². The van der Waals surface area contributed by atoms with Crippen molar-refractivity contribution in [2.45, 2.75) is 214 Å². The highest BCUT2D eigenvalue weighted by molar-refractivity contribution is 8.00. The quantitative estimate of drug-likeness (QED) is 0.0405. The van der Waals surface area contributed by atoms with Crippen LogP contribution in [0.1, 0.15) is 144 Å². The summed E-state index contributed by atoms with van der Waals surface area (Å²) in [6.07, 6.45) is 21.4. The maximum Gasteiger partial charge on any atom is 0.329 e. The Balaban J connectivity index is 0.000000201. The molecule has 0 radical (unpaired) electrons. The van der Waals surface area contributed by atoms with Crippen LogP contribution in [0.2, 0.25) is 0 Å². The maximum absolute atomic E-state index is 10.9. The number of nitrogens with one attached hydrogen (secondary N) is 8. The molecule has 12 unspecified atom stereocenters. The molecule has 10 N–H and O–H groups in total. The Bertz CT molecular complexity index is 1280. The van der Waals surface area contributed by atoms with Crippen molar-refractivity contribution >= 4 is 29.5 Å². The average Bonchev–Trinajstić information content (AvgIpc) is 3.94. The van der Waals surface area contributed by atoms with E-state index in [0.717, 1.165) is 69.5 Å². The van der Waals surface area contributed by atoms with Crippen molar-refractivity contribution < 1.29 is 29.5 Å². The molecule has 60 heavy (non-hydrogen) atoms. The van der Waals surface area contributed by atoms with Gasteiger partial charge in [0.2, 0.25) is 0 Å². The molecule has 4 saturated carbocycles. The minimum atomic E-state index is -0.884. The van der Waals surface area contributed by atoms with Crippen molar-refractivity contribution in [1.82, 2.24) is 53.4 Å². The van der Waals surface area contributed by atoms with E-state index < -0.39 is 5.97 Å². The van der Waals surface area contributed by atoms with Crippen LogP contribution in [0.15, 0.2) is 12.5 Å². The van der Waals surface area contributed by atoms with Gasteiger partial charge in [-0.1, -0.05) is 34.1 Å². The summed E-state index contributed by atoms with van der Waals surface area (Å²) in [5, 5.41) is 30.6. The van der Waals surface area contributed by atoms with Gasteiger partial charge in [-0.3, -0.25) is 16.1 Å². The molecule has 0 bridgehead atoms. The fourth-order valence-corrected chi connectivity index (χ4v) is 12.4. The summed E-state index contributed by atoms with van der Waals surface area (Å²) in [7, 11) is 0. The number of carboxylic acids is 1. The molecule has 12 atom stereocenters. The lowest BCUT2D eigenvalue weighted by Gasteiger charge is -2.39. The molecule has 0 aromatic carbocycles. The minimum absolute atomic E-state index is 0.0421. The molecule has 0 amide bonds. The van der Waals surface area contributed by atoms with Crippen LogP contribution in [0.3, 0.4) is 0 Å². The van der Waals surface area contributed by atoms with Crippen LogP contribution in [-0.4, -0.2) is 103 Å². The van der Waals surface area contributed by atoms with Crippen molar-refractivity contribution in [2.24, 2.45) is 23.7 Å². The third-order valence-corrected chi connectivity index (χ3v) is 17.0. The van der Waals surface area contributed by atoms with E-state index in [1.165, 1.54) is 57.6 Å². The van der Waals surface area contributed by atoms with E-state index in [1.807, 2.05) is 23.5 Å². The van der Waals surface area contributed by atoms with Gasteiger partial charge in [-0.25, -0.2) is 37.2 Å². The van der Waals surface area contributed by atoms with E-state index in [4.69, 9.17) is 19.8 Å². The molecule has 4 aliphatic carbocycles. The number of hydrogen-bond donors (Lipinski definition) is 10. The Labute approximate surface area is 368 Å². The van der Waals surface area contributed by atoms with Gasteiger partial charge in [0.25, 0.3) is 0 Å². The van der Waals surface area contributed by atoms with E-state index in [-0.39, 0.29) is 42.1 Å². The van der Waals surface area contributed by atoms with Crippen LogP contribution in [0, 0.1) is 23.7 Å². The first kappa shape index (κ1) is 48.5. The lowest BCUT2D eigenvalue weighted by Crippen LogP contribution is -2.62. The number of ether oxygens (including phenoxy) is 2. The monoisotopic (exact) mass is 885 g/mol. The van der Waals surface area contributed by atoms with Gasteiger partial charge in [-0.05, 0) is 134 Å². The zero-order chi connectivity index (χ0) is 42.6. The molecule has 3 aliphatic heterocycles. The molecule has 16 nitrogen and oxygen atoms in total. The molecule has 18 heteroatoms. The van der Waals surface area contributed by atoms with E-state index in [9.17, 15) is 4.79 Å². The average molecular weight is 885 g/mol. The van der Waals surface area contributed by atoms with Crippen molar-refractivity contribution in [2.75, 3.05) is 6.61 Å². The summed E-state index contributed by atoms with van der Waals surface area (Å²) >= 11 is 3.90. The van der Waals surface area contributed by atoms with E-state index >= 15 is 0 Å². The number of carbonyl (C=O) groups is 1. The molecule has 3 saturated heterocycles. The van der Waals surface area contributed by atoms with E-state index in [0.29, 0.717) is 46.5 Å². The fourth-order valence-electron chi connectivity index (χ4n) is 9.92. The van der Waals surface area contributed by atoms with Gasteiger partial charge < -0.3 is 19.5 Å². The Morgan fingerprint density at radius 1 is 0.750 bits per heavy atom. The number of thioether (sulfide) groups is 2. The first-order valence-corrected chi connectivity index (χ1v) is 25.2. The lowest BCUT2D eigenvalue weighted by molar-refractivity contribution is -0.189. The lowest BCUT2D eigenvalue weighted by atomic mass is 9.85. The van der Waals surface area contributed by atoms with Crippen LogP contribution < -0.4 is 43.2 Å². The second-order valence-electron chi connectivity index (χ2n) is 19.0. The van der Waals surface area contributed by atoms with Crippen molar-refractivity contribution in [3.8, 4) is 0 Å². The van der Waals surface area contributed by atoms with E-state index in [1.54, 1.807) is 0 Å². The first-order valence-electron chi connectivity index (χ1n) is 23.4. The normalized spacial score (nSPS) is 41.2. The second kappa shape index (κ2) is 24.4. The van der Waals surface area contributed by atoms with Crippen LogP contribution in [0.4, 0.5) is 0 Å². The molecule has 0 aromatic heterocycles. The predicted molar refractivity (Wildman–Crippen MR) is 239 cm³/mol. The predicted octanol–water partition coefficient (Wildman–Crippen LogP) is 5.50. The van der Waals surface area contributed by atoms with Gasteiger partial charge in [-0.15, -0.1) is 28.6 Å². The summed E-state index contributed by atoms with van der Waals surface area (Å²) in [6.45, 7) is 13.6. The summed E-state index contributed by atoms with van der Waals surface area (Å²) in [4.78, 5) is 14.9. The van der Waals surface area contributed by atoms with Gasteiger partial charge in [0, 0.05) is 34.7 Å². The molecule has 0 aromatic rings. The minimum Gasteiger partial charge on any atom is -0.495 e. The number of hydrazine groups is 5. The summed E-state index contributed by atoms with van der Waals surface area (Å²) in [6, 6.07) is 2.02. The zero-order valence-electron chi connectivity index (χ0n) is 37.2. The molecule has 3 heterocycles. The smallest absolute Gasteiger partial charge is 0.329 e. The van der Waals surface area contributed by atoms with Crippen LogP contribution >= 0.6 is 23.5 Å². The second-order valence-corrected chi connectivity index (χ2v) is 21.9. The third-order valence-electron chi connectivity index (χ3n) is 14.2. The third kappa shape index (κ3) is 14.5. The van der Waals surface area contributed by atoms with Gasteiger partial charge in [0.05, 0.1) is 24.5 Å². The molecule has 346 valence electrons. The van der Waals surface area contributed by atoms with Crippen LogP contribution in [0.25, 0.3) is 0 Å². The summed E-state index contributed by atoms with van der Waals surface area (Å²) in [5.41, 5.74) is 22.3. The number of aliphatic carboxylic acids is 1. The highest BCUT2D eigenvalue weighted by Gasteiger charge is 2.46. The molecule has 7 aliphatic rings. The standard InChI is InChI=1S/C21H39N5O3S.C21H41N5O3S/c1-13-7-9-17(10-8-13)25-23-20(24-26(25)21-22-14(2)15(3)30-21)16-5-4-6-18(11-16)29-12-19(27)28;1-14-7-9-18(10-8-14)23-24-20(25-26-21-22-15(2)16(3)30-21)17-5-4-6-19(13-17)28-11-12-29-27/h13-18,20-24H,4-12H2,1-3H3,(H,27,28);11-12,14-27H,4-10,13H2,1-3H3/b;12-11+.